The lowest BCUT2D eigenvalue weighted by Crippen LogP contribution is -2.41. The SMILES string of the molecule is CC1(c2ccc(Cl)cc2)NC(=O)N(CC(=O)c2ccc3c(c2)CCCC3)C1=O. The van der Waals surface area contributed by atoms with E-state index in [9.17, 15) is 14.4 Å². The second-order valence-electron chi connectivity index (χ2n) is 7.57. The molecule has 1 heterocycles. The summed E-state index contributed by atoms with van der Waals surface area (Å²) < 4.78 is 0. The summed E-state index contributed by atoms with van der Waals surface area (Å²) in [6.45, 7) is 1.37. The lowest BCUT2D eigenvalue weighted by Gasteiger charge is -2.22. The molecule has 4 rings (SSSR count). The third kappa shape index (κ3) is 3.20. The number of imide groups is 1. The van der Waals surface area contributed by atoms with E-state index >= 15 is 0 Å². The topological polar surface area (TPSA) is 66.5 Å². The van der Waals surface area contributed by atoms with Gasteiger partial charge in [-0.3, -0.25) is 14.5 Å². The Labute approximate surface area is 168 Å². The summed E-state index contributed by atoms with van der Waals surface area (Å²) in [6.07, 6.45) is 4.30. The Hall–Kier alpha value is -2.66. The van der Waals surface area contributed by atoms with E-state index in [2.05, 4.69) is 5.32 Å². The van der Waals surface area contributed by atoms with E-state index in [4.69, 9.17) is 11.6 Å². The zero-order valence-corrected chi connectivity index (χ0v) is 16.4. The summed E-state index contributed by atoms with van der Waals surface area (Å²) in [5, 5.41) is 3.26. The van der Waals surface area contributed by atoms with Crippen LogP contribution in [0.5, 0.6) is 0 Å². The first-order valence-corrected chi connectivity index (χ1v) is 9.81. The van der Waals surface area contributed by atoms with Crippen molar-refractivity contribution in [2.24, 2.45) is 0 Å². The standard InChI is InChI=1S/C22H21ClN2O3/c1-22(17-8-10-18(23)11-9-17)20(27)25(21(28)24-22)13-19(26)16-7-6-14-4-2-3-5-15(14)12-16/h6-12H,2-5,13H2,1H3,(H,24,28). The van der Waals surface area contributed by atoms with Crippen molar-refractivity contribution in [2.45, 2.75) is 38.1 Å². The maximum atomic E-state index is 13.0. The maximum Gasteiger partial charge on any atom is 0.325 e. The number of aryl methyl sites for hydroxylation is 2. The van der Waals surface area contributed by atoms with E-state index in [1.54, 1.807) is 37.3 Å². The van der Waals surface area contributed by atoms with Gasteiger partial charge in [0.05, 0.1) is 6.54 Å². The Morgan fingerprint density at radius 1 is 1.07 bits per heavy atom. The Kier molecular flexibility index (Phi) is 4.71. The average Bonchev–Trinajstić information content (AvgIpc) is 2.92. The fourth-order valence-electron chi connectivity index (χ4n) is 3.96. The van der Waals surface area contributed by atoms with Crippen LogP contribution in [0.4, 0.5) is 4.79 Å². The molecule has 1 unspecified atom stereocenters. The largest absolute Gasteiger partial charge is 0.325 e. The van der Waals surface area contributed by atoms with Gasteiger partial charge in [0.25, 0.3) is 5.91 Å². The first-order chi connectivity index (χ1) is 13.4. The number of benzene rings is 2. The van der Waals surface area contributed by atoms with E-state index in [1.807, 2.05) is 12.1 Å². The van der Waals surface area contributed by atoms with Crippen molar-refractivity contribution < 1.29 is 14.4 Å². The molecule has 1 atom stereocenters. The number of ketones is 1. The second-order valence-corrected chi connectivity index (χ2v) is 8.00. The van der Waals surface area contributed by atoms with E-state index in [-0.39, 0.29) is 12.3 Å². The lowest BCUT2D eigenvalue weighted by molar-refractivity contribution is -0.130. The first-order valence-electron chi connectivity index (χ1n) is 9.43. The number of carbonyl (C=O) groups excluding carboxylic acids is 3. The smallest absolute Gasteiger partial charge is 0.319 e. The molecule has 3 amide bonds. The molecule has 1 saturated heterocycles. The molecule has 1 N–H and O–H groups in total. The Morgan fingerprint density at radius 2 is 1.75 bits per heavy atom. The highest BCUT2D eigenvalue weighted by atomic mass is 35.5. The van der Waals surface area contributed by atoms with Gasteiger partial charge in [-0.1, -0.05) is 35.9 Å². The van der Waals surface area contributed by atoms with E-state index < -0.39 is 17.5 Å². The van der Waals surface area contributed by atoms with Gasteiger partial charge in [-0.15, -0.1) is 0 Å². The Bertz CT molecular complexity index is 970. The summed E-state index contributed by atoms with van der Waals surface area (Å²) >= 11 is 5.92. The van der Waals surface area contributed by atoms with Crippen molar-refractivity contribution in [3.05, 3.63) is 69.7 Å². The summed E-state index contributed by atoms with van der Waals surface area (Å²) in [4.78, 5) is 39.2. The van der Waals surface area contributed by atoms with Crippen LogP contribution in [0.1, 0.15) is 46.8 Å². The molecule has 5 nitrogen and oxygen atoms in total. The molecule has 0 bridgehead atoms. The Morgan fingerprint density at radius 3 is 2.46 bits per heavy atom. The minimum absolute atomic E-state index is 0.239. The van der Waals surface area contributed by atoms with Gasteiger partial charge in [-0.25, -0.2) is 4.79 Å². The van der Waals surface area contributed by atoms with Crippen molar-refractivity contribution >= 4 is 29.3 Å². The highest BCUT2D eigenvalue weighted by Crippen LogP contribution is 2.30. The minimum Gasteiger partial charge on any atom is -0.319 e. The van der Waals surface area contributed by atoms with Crippen LogP contribution >= 0.6 is 11.6 Å². The predicted octanol–water partition coefficient (Wildman–Crippen LogP) is 3.87. The zero-order valence-electron chi connectivity index (χ0n) is 15.6. The van der Waals surface area contributed by atoms with Crippen LogP contribution in [0.2, 0.25) is 5.02 Å². The van der Waals surface area contributed by atoms with Gasteiger partial charge in [0.15, 0.2) is 5.78 Å². The molecule has 28 heavy (non-hydrogen) atoms. The van der Waals surface area contributed by atoms with Crippen molar-refractivity contribution in [1.29, 1.82) is 0 Å². The second kappa shape index (κ2) is 7.06. The molecule has 0 radical (unpaired) electrons. The van der Waals surface area contributed by atoms with Crippen LogP contribution in [-0.2, 0) is 23.2 Å². The molecule has 0 aromatic heterocycles. The van der Waals surface area contributed by atoms with E-state index in [0.717, 1.165) is 24.2 Å². The van der Waals surface area contributed by atoms with Gasteiger partial charge in [-0.05, 0) is 67.5 Å². The van der Waals surface area contributed by atoms with Crippen LogP contribution in [-0.4, -0.2) is 29.2 Å². The molecule has 0 spiro atoms. The number of hydrogen-bond acceptors (Lipinski definition) is 3. The zero-order chi connectivity index (χ0) is 19.9. The van der Waals surface area contributed by atoms with Gasteiger partial charge in [0, 0.05) is 10.6 Å². The van der Waals surface area contributed by atoms with Gasteiger partial charge >= 0.3 is 6.03 Å². The summed E-state index contributed by atoms with van der Waals surface area (Å²) in [5.41, 5.74) is 2.44. The molecule has 2 aromatic rings. The molecular formula is C22H21ClN2O3. The minimum atomic E-state index is -1.21. The number of nitrogens with zero attached hydrogens (tertiary/aromatic N) is 1. The monoisotopic (exact) mass is 396 g/mol. The quantitative estimate of drug-likeness (QED) is 0.630. The van der Waals surface area contributed by atoms with Crippen LogP contribution in [0.3, 0.4) is 0 Å². The number of amides is 3. The van der Waals surface area contributed by atoms with E-state index in [0.29, 0.717) is 16.1 Å². The van der Waals surface area contributed by atoms with Crippen molar-refractivity contribution in [1.82, 2.24) is 10.2 Å². The van der Waals surface area contributed by atoms with Crippen LogP contribution in [0, 0.1) is 0 Å². The molecule has 144 valence electrons. The predicted molar refractivity (Wildman–Crippen MR) is 106 cm³/mol. The number of hydrogen-bond donors (Lipinski definition) is 1. The fourth-order valence-corrected chi connectivity index (χ4v) is 4.09. The van der Waals surface area contributed by atoms with Crippen molar-refractivity contribution in [2.75, 3.05) is 6.54 Å². The molecule has 2 aliphatic rings. The van der Waals surface area contributed by atoms with Gasteiger partial charge in [-0.2, -0.15) is 0 Å². The van der Waals surface area contributed by atoms with Crippen LogP contribution in [0.15, 0.2) is 42.5 Å². The highest BCUT2D eigenvalue weighted by molar-refractivity contribution is 6.30. The van der Waals surface area contributed by atoms with E-state index in [1.165, 1.54) is 17.5 Å². The third-order valence-corrected chi connectivity index (χ3v) is 5.92. The molecule has 1 aliphatic heterocycles. The lowest BCUT2D eigenvalue weighted by atomic mass is 9.89. The molecule has 0 saturated carbocycles. The first kappa shape index (κ1) is 18.7. The van der Waals surface area contributed by atoms with Crippen molar-refractivity contribution in [3.63, 3.8) is 0 Å². The van der Waals surface area contributed by atoms with Crippen LogP contribution in [0.25, 0.3) is 0 Å². The summed E-state index contributed by atoms with van der Waals surface area (Å²) in [5.74, 6) is -0.677. The normalized spacial score (nSPS) is 21.4. The van der Waals surface area contributed by atoms with Crippen molar-refractivity contribution in [3.8, 4) is 0 Å². The number of halogens is 1. The third-order valence-electron chi connectivity index (χ3n) is 5.67. The number of urea groups is 1. The fraction of sp³-hybridized carbons (Fsp3) is 0.318. The molecule has 1 fully saturated rings. The molecule has 6 heteroatoms. The van der Waals surface area contributed by atoms with Gasteiger partial charge in [0.1, 0.15) is 5.54 Å². The van der Waals surface area contributed by atoms with Gasteiger partial charge < -0.3 is 5.32 Å². The summed E-state index contributed by atoms with van der Waals surface area (Å²) in [6, 6.07) is 11.9. The number of carbonyl (C=O) groups is 3. The molecule has 1 aliphatic carbocycles. The van der Waals surface area contributed by atoms with Gasteiger partial charge in [0.2, 0.25) is 0 Å². The summed E-state index contributed by atoms with van der Waals surface area (Å²) in [7, 11) is 0. The van der Waals surface area contributed by atoms with Crippen LogP contribution < -0.4 is 5.32 Å². The Balaban J connectivity index is 1.55. The number of Topliss-reactive ketones (excluding diaryl/α,β-unsaturated/α-hetero) is 1. The number of rotatable bonds is 4. The molecule has 2 aromatic carbocycles. The highest BCUT2D eigenvalue weighted by Gasteiger charge is 2.49. The maximum absolute atomic E-state index is 13.0. The number of nitrogens with one attached hydrogen (secondary N) is 1. The number of fused-ring (bicyclic) bond motifs is 1. The average molecular weight is 397 g/mol. The molecular weight excluding hydrogens is 376 g/mol.